The van der Waals surface area contributed by atoms with Gasteiger partial charge < -0.3 is 5.32 Å². The number of carbonyl (C=O) groups is 2. The summed E-state index contributed by atoms with van der Waals surface area (Å²) in [6, 6.07) is 11.4. The van der Waals surface area contributed by atoms with Gasteiger partial charge in [0.25, 0.3) is 5.91 Å². The lowest BCUT2D eigenvalue weighted by atomic mass is 10.1. The van der Waals surface area contributed by atoms with Gasteiger partial charge in [0.2, 0.25) is 5.91 Å². The largest absolute Gasteiger partial charge is 0.418 e. The van der Waals surface area contributed by atoms with Crippen LogP contribution in [0.5, 0.6) is 0 Å². The highest BCUT2D eigenvalue weighted by molar-refractivity contribution is 8.14. The van der Waals surface area contributed by atoms with E-state index in [-0.39, 0.29) is 22.5 Å². The zero-order valence-corrected chi connectivity index (χ0v) is 16.4. The van der Waals surface area contributed by atoms with Crippen molar-refractivity contribution in [1.82, 2.24) is 4.90 Å². The molecule has 2 aromatic rings. The molecule has 2 aliphatic rings. The Labute approximate surface area is 173 Å². The van der Waals surface area contributed by atoms with Crippen LogP contribution in [0.1, 0.15) is 18.1 Å². The van der Waals surface area contributed by atoms with E-state index >= 15 is 0 Å². The first-order valence-corrected chi connectivity index (χ1v) is 9.93. The topological polar surface area (TPSA) is 74.1 Å². The average Bonchev–Trinajstić information content (AvgIpc) is 3.01. The van der Waals surface area contributed by atoms with Crippen molar-refractivity contribution in [3.8, 4) is 0 Å². The molecule has 0 fully saturated rings. The molecule has 0 aliphatic carbocycles. The van der Waals surface area contributed by atoms with Gasteiger partial charge in [-0.15, -0.1) is 0 Å². The number of anilines is 1. The van der Waals surface area contributed by atoms with E-state index in [1.165, 1.54) is 23.1 Å². The second-order valence-electron chi connectivity index (χ2n) is 6.59. The van der Waals surface area contributed by atoms with E-state index in [2.05, 4.69) is 15.3 Å². The number of fused-ring (bicyclic) bond motifs is 3. The predicted molar refractivity (Wildman–Crippen MR) is 109 cm³/mol. The van der Waals surface area contributed by atoms with Crippen LogP contribution in [0.4, 0.5) is 24.5 Å². The third-order valence-electron chi connectivity index (χ3n) is 4.50. The average molecular weight is 432 g/mol. The second kappa shape index (κ2) is 7.60. The molecule has 1 atom stereocenters. The molecule has 0 bridgehead atoms. The number of halogens is 3. The summed E-state index contributed by atoms with van der Waals surface area (Å²) in [5.74, 6) is -0.674. The van der Waals surface area contributed by atoms with Gasteiger partial charge in [-0.2, -0.15) is 13.2 Å². The van der Waals surface area contributed by atoms with E-state index in [0.717, 1.165) is 17.8 Å². The first-order valence-electron chi connectivity index (χ1n) is 8.94. The van der Waals surface area contributed by atoms with Crippen LogP contribution in [0.15, 0.2) is 58.5 Å². The number of alkyl halides is 3. The maximum Gasteiger partial charge on any atom is 0.418 e. The quantitative estimate of drug-likeness (QED) is 0.795. The molecule has 6 nitrogen and oxygen atoms in total. The smallest absolute Gasteiger partial charge is 0.325 e. The minimum absolute atomic E-state index is 0.224. The van der Waals surface area contributed by atoms with Crippen LogP contribution in [0, 0.1) is 0 Å². The molecule has 0 saturated carbocycles. The van der Waals surface area contributed by atoms with Crippen LogP contribution in [0.25, 0.3) is 0 Å². The zero-order valence-electron chi connectivity index (χ0n) is 15.6. The normalized spacial score (nSPS) is 17.8. The van der Waals surface area contributed by atoms with Crippen molar-refractivity contribution in [3.05, 3.63) is 59.7 Å². The molecule has 0 spiro atoms. The van der Waals surface area contributed by atoms with Crippen LogP contribution in [0.2, 0.25) is 0 Å². The lowest BCUT2D eigenvalue weighted by Crippen LogP contribution is -2.41. The van der Waals surface area contributed by atoms with Gasteiger partial charge in [0.15, 0.2) is 5.17 Å². The standard InChI is InChI=1S/C20H15F3N4O2S/c1-11-18(29)27-17(24-11)12-6-2-4-8-14(12)26-19(27)30-10-16(28)25-15-9-5-3-7-13(15)20(21,22)23/h2-9,11H,10H2,1H3,(H,25,28)/t11-/m0/s1. The van der Waals surface area contributed by atoms with Gasteiger partial charge in [-0.05, 0) is 31.2 Å². The van der Waals surface area contributed by atoms with Gasteiger partial charge in [-0.3, -0.25) is 14.6 Å². The molecule has 154 valence electrons. The molecule has 4 rings (SSSR count). The number of thioether (sulfide) groups is 1. The summed E-state index contributed by atoms with van der Waals surface area (Å²) in [7, 11) is 0. The van der Waals surface area contributed by atoms with Crippen LogP contribution in [-0.2, 0) is 15.8 Å². The Balaban J connectivity index is 1.53. The van der Waals surface area contributed by atoms with Crippen molar-refractivity contribution in [1.29, 1.82) is 0 Å². The van der Waals surface area contributed by atoms with Gasteiger partial charge in [0.1, 0.15) is 11.9 Å². The molecule has 10 heteroatoms. The molecule has 0 radical (unpaired) electrons. The van der Waals surface area contributed by atoms with E-state index in [1.54, 1.807) is 25.1 Å². The molecule has 0 saturated heterocycles. The number of carbonyl (C=O) groups excluding carboxylic acids is 2. The van der Waals surface area contributed by atoms with Crippen LogP contribution >= 0.6 is 11.8 Å². The molecule has 2 amide bonds. The summed E-state index contributed by atoms with van der Waals surface area (Å²) in [5, 5.41) is 2.55. The molecular formula is C20H15F3N4O2S. The Morgan fingerprint density at radius 3 is 2.63 bits per heavy atom. The van der Waals surface area contributed by atoms with Crippen molar-refractivity contribution < 1.29 is 22.8 Å². The number of amides is 2. The zero-order chi connectivity index (χ0) is 21.5. The van der Waals surface area contributed by atoms with Crippen molar-refractivity contribution in [2.24, 2.45) is 9.98 Å². The third kappa shape index (κ3) is 3.70. The van der Waals surface area contributed by atoms with Crippen LogP contribution in [-0.4, -0.2) is 39.5 Å². The van der Waals surface area contributed by atoms with Crippen molar-refractivity contribution in [2.75, 3.05) is 11.1 Å². The minimum Gasteiger partial charge on any atom is -0.325 e. The Morgan fingerprint density at radius 1 is 1.17 bits per heavy atom. The number of hydrogen-bond donors (Lipinski definition) is 1. The van der Waals surface area contributed by atoms with E-state index in [4.69, 9.17) is 0 Å². The van der Waals surface area contributed by atoms with E-state index in [0.29, 0.717) is 17.1 Å². The fourth-order valence-corrected chi connectivity index (χ4v) is 3.93. The predicted octanol–water partition coefficient (Wildman–Crippen LogP) is 4.06. The Bertz CT molecular complexity index is 1100. The first-order chi connectivity index (χ1) is 14.3. The number of nitrogens with one attached hydrogen (secondary N) is 1. The SMILES string of the molecule is C[C@@H]1N=C2c3ccccc3N=C(SCC(=O)Nc3ccccc3C(F)(F)F)N2C1=O. The third-order valence-corrected chi connectivity index (χ3v) is 5.44. The first kappa shape index (κ1) is 20.1. The van der Waals surface area contributed by atoms with Gasteiger partial charge in [0.05, 0.1) is 22.7 Å². The molecule has 2 aliphatic heterocycles. The number of para-hydroxylation sites is 2. The molecule has 2 aromatic carbocycles. The molecule has 0 aromatic heterocycles. The highest BCUT2D eigenvalue weighted by atomic mass is 32.2. The monoisotopic (exact) mass is 432 g/mol. The Morgan fingerprint density at radius 2 is 1.87 bits per heavy atom. The maximum atomic E-state index is 13.1. The Kier molecular flexibility index (Phi) is 5.10. The van der Waals surface area contributed by atoms with Gasteiger partial charge in [0, 0.05) is 5.56 Å². The van der Waals surface area contributed by atoms with Crippen LogP contribution in [0.3, 0.4) is 0 Å². The number of aliphatic imine (C=N–C) groups is 2. The Hall–Kier alpha value is -3.14. The van der Waals surface area contributed by atoms with E-state index < -0.39 is 23.7 Å². The fraction of sp³-hybridized carbons (Fsp3) is 0.200. The van der Waals surface area contributed by atoms with Gasteiger partial charge in [-0.25, -0.2) is 9.89 Å². The van der Waals surface area contributed by atoms with Crippen LogP contribution < -0.4 is 5.32 Å². The molecule has 0 unspecified atom stereocenters. The van der Waals surface area contributed by atoms with Crippen molar-refractivity contribution in [3.63, 3.8) is 0 Å². The minimum atomic E-state index is -4.59. The maximum absolute atomic E-state index is 13.1. The molecule has 1 N–H and O–H groups in total. The van der Waals surface area contributed by atoms with E-state index in [1.807, 2.05) is 6.07 Å². The molecule has 30 heavy (non-hydrogen) atoms. The molecule has 2 heterocycles. The number of rotatable bonds is 3. The summed E-state index contributed by atoms with van der Waals surface area (Å²) in [6.45, 7) is 1.67. The second-order valence-corrected chi connectivity index (χ2v) is 7.54. The number of hydrogen-bond acceptors (Lipinski definition) is 5. The van der Waals surface area contributed by atoms with Gasteiger partial charge in [-0.1, -0.05) is 36.0 Å². The summed E-state index contributed by atoms with van der Waals surface area (Å²) < 4.78 is 39.3. The number of nitrogens with zero attached hydrogens (tertiary/aromatic N) is 3. The lowest BCUT2D eigenvalue weighted by molar-refractivity contribution is -0.137. The highest BCUT2D eigenvalue weighted by Crippen LogP contribution is 2.35. The van der Waals surface area contributed by atoms with E-state index in [9.17, 15) is 22.8 Å². The van der Waals surface area contributed by atoms with Crippen molar-refractivity contribution in [2.45, 2.75) is 19.1 Å². The summed E-state index contributed by atoms with van der Waals surface area (Å²) in [5.41, 5.74) is 0.0766. The summed E-state index contributed by atoms with van der Waals surface area (Å²) in [4.78, 5) is 35.1. The lowest BCUT2D eigenvalue weighted by Gasteiger charge is -2.25. The fourth-order valence-electron chi connectivity index (χ4n) is 3.13. The summed E-state index contributed by atoms with van der Waals surface area (Å²) >= 11 is 0.965. The molecular weight excluding hydrogens is 417 g/mol. The highest BCUT2D eigenvalue weighted by Gasteiger charge is 2.39. The van der Waals surface area contributed by atoms with Crippen molar-refractivity contribution >= 4 is 46.0 Å². The van der Waals surface area contributed by atoms with Gasteiger partial charge >= 0.3 is 6.18 Å². The summed E-state index contributed by atoms with van der Waals surface area (Å²) in [6.07, 6.45) is -4.59. The number of amidine groups is 2. The number of benzene rings is 2.